The summed E-state index contributed by atoms with van der Waals surface area (Å²) >= 11 is 26.4. The van der Waals surface area contributed by atoms with E-state index in [0.717, 1.165) is 67.5 Å². The number of nitrogens with one attached hydrogen (secondary N) is 4. The van der Waals surface area contributed by atoms with Crippen LogP contribution in [0, 0.1) is 0 Å². The Labute approximate surface area is 497 Å². The van der Waals surface area contributed by atoms with Gasteiger partial charge in [0.1, 0.15) is 18.1 Å². The van der Waals surface area contributed by atoms with Gasteiger partial charge in [-0.25, -0.2) is 14.4 Å². The van der Waals surface area contributed by atoms with Crippen molar-refractivity contribution in [2.24, 2.45) is 0 Å². The van der Waals surface area contributed by atoms with Gasteiger partial charge < -0.3 is 36.6 Å². The number of hydrogen-bond acceptors (Lipinski definition) is 18. The van der Waals surface area contributed by atoms with Crippen molar-refractivity contribution in [1.29, 1.82) is 0 Å². The quantitative estimate of drug-likeness (QED) is 0.0279. The van der Waals surface area contributed by atoms with Crippen LogP contribution in [0.15, 0.2) is 104 Å². The zero-order chi connectivity index (χ0) is 59.4. The minimum absolute atomic E-state index is 0.00655. The summed E-state index contributed by atoms with van der Waals surface area (Å²) in [6, 6.07) is 27.8. The first-order valence-electron chi connectivity index (χ1n) is 23.6. The molecule has 4 unspecified atom stereocenters. The van der Waals surface area contributed by atoms with Crippen LogP contribution in [0.1, 0.15) is 83.4 Å². The molecule has 0 spiro atoms. The number of aliphatic carboxylic acids is 3. The molecule has 0 aliphatic heterocycles. The molecule has 428 valence electrons. The second-order valence-electron chi connectivity index (χ2n) is 16.1. The SMILES string of the molecule is C=CCCC(=S)SCC(NC(C)=O)C(=O)O.CC(=O)NC(C)CSC(=S)Cc1ccccc1.CC(=O)NC(CSC(=S)CCCc1ccccc1)C(=O)O.CC(=O)NC(CSC(=S)CCc1ccccc1)C(=O)O.O=S(=O)=O. The lowest BCUT2D eigenvalue weighted by Gasteiger charge is -2.13. The summed E-state index contributed by atoms with van der Waals surface area (Å²) < 4.78 is 28.6. The Balaban J connectivity index is 0. The number of carboxylic acid groups (broad SMARTS) is 3. The number of aryl methyl sites for hydroxylation is 2. The summed E-state index contributed by atoms with van der Waals surface area (Å²) in [5.41, 5.74) is 3.70. The molecule has 0 heterocycles. The molecule has 78 heavy (non-hydrogen) atoms. The van der Waals surface area contributed by atoms with Gasteiger partial charge in [0.05, 0.1) is 4.20 Å². The molecule has 3 aromatic carbocycles. The summed E-state index contributed by atoms with van der Waals surface area (Å²) in [5, 5.41) is 36.8. The third kappa shape index (κ3) is 47.1. The van der Waals surface area contributed by atoms with Crippen LogP contribution in [-0.4, -0.2) is 133 Å². The predicted octanol–water partition coefficient (Wildman–Crippen LogP) is 8.34. The summed E-state index contributed by atoms with van der Waals surface area (Å²) in [6.07, 6.45) is 8.27. The Morgan fingerprint density at radius 2 is 0.821 bits per heavy atom. The highest BCUT2D eigenvalue weighted by atomic mass is 32.2. The summed E-state index contributed by atoms with van der Waals surface area (Å²) in [7, 11) is -3.11. The highest BCUT2D eigenvalue weighted by molar-refractivity contribution is 8.24. The normalized spacial score (nSPS) is 11.4. The first-order chi connectivity index (χ1) is 36.7. The Hall–Kier alpha value is -4.93. The molecule has 3 rings (SSSR count). The summed E-state index contributed by atoms with van der Waals surface area (Å²) in [5.74, 6) is -2.58. The van der Waals surface area contributed by atoms with Gasteiger partial charge in [-0.1, -0.05) is 146 Å². The lowest BCUT2D eigenvalue weighted by atomic mass is 10.1. The van der Waals surface area contributed by atoms with E-state index in [-0.39, 0.29) is 46.9 Å². The van der Waals surface area contributed by atoms with Gasteiger partial charge in [-0.2, -0.15) is 0 Å². The molecule has 0 aromatic heterocycles. The zero-order valence-electron chi connectivity index (χ0n) is 43.8. The zero-order valence-corrected chi connectivity index (χ0v) is 51.2. The first-order valence-corrected chi connectivity index (χ1v) is 30.2. The molecule has 0 saturated carbocycles. The van der Waals surface area contributed by atoms with Crippen molar-refractivity contribution < 1.29 is 61.5 Å². The molecule has 0 aliphatic carbocycles. The average Bonchev–Trinajstić information content (AvgIpc) is 3.36. The molecule has 17 nitrogen and oxygen atoms in total. The fraction of sp³-hybridized carbons (Fsp3) is 0.404. The van der Waals surface area contributed by atoms with E-state index in [9.17, 15) is 33.6 Å². The number of hydrogen-bond donors (Lipinski definition) is 7. The van der Waals surface area contributed by atoms with E-state index >= 15 is 0 Å². The van der Waals surface area contributed by atoms with Crippen molar-refractivity contribution in [1.82, 2.24) is 21.3 Å². The maximum Gasteiger partial charge on any atom is 0.425 e. The lowest BCUT2D eigenvalue weighted by Crippen LogP contribution is -2.41. The first kappa shape index (κ1) is 75.1. The molecular formula is C52H68N4O13S9. The highest BCUT2D eigenvalue weighted by Crippen LogP contribution is 2.17. The van der Waals surface area contributed by atoms with Gasteiger partial charge in [-0.3, -0.25) is 19.2 Å². The van der Waals surface area contributed by atoms with Crippen molar-refractivity contribution in [3.8, 4) is 0 Å². The number of amides is 4. The van der Waals surface area contributed by atoms with Crippen LogP contribution in [0.3, 0.4) is 0 Å². The number of thiocarbonyl (C=S) groups is 4. The van der Waals surface area contributed by atoms with Crippen LogP contribution in [-0.2, 0) is 63.4 Å². The Bertz CT molecular complexity index is 2490. The van der Waals surface area contributed by atoms with Crippen LogP contribution >= 0.6 is 95.9 Å². The number of carboxylic acids is 3. The van der Waals surface area contributed by atoms with Gasteiger partial charge in [0.25, 0.3) is 0 Å². The number of benzene rings is 3. The number of carbonyl (C=O) groups excluding carboxylic acids is 4. The maximum atomic E-state index is 11.0. The second kappa shape index (κ2) is 46.9. The van der Waals surface area contributed by atoms with Crippen LogP contribution in [0.2, 0.25) is 0 Å². The highest BCUT2D eigenvalue weighted by Gasteiger charge is 2.21. The number of rotatable bonds is 27. The van der Waals surface area contributed by atoms with Crippen LogP contribution < -0.4 is 21.3 Å². The fourth-order valence-electron chi connectivity index (χ4n) is 5.62. The number of allylic oxidation sites excluding steroid dienone is 1. The van der Waals surface area contributed by atoms with Crippen molar-refractivity contribution >= 4 is 165 Å². The molecule has 3 aromatic rings. The van der Waals surface area contributed by atoms with Gasteiger partial charge in [-0.15, -0.1) is 66.3 Å². The Morgan fingerprint density at radius 3 is 1.17 bits per heavy atom. The smallest absolute Gasteiger partial charge is 0.425 e. The van der Waals surface area contributed by atoms with E-state index in [1.54, 1.807) is 17.8 Å². The van der Waals surface area contributed by atoms with Crippen LogP contribution in [0.5, 0.6) is 0 Å². The monoisotopic (exact) mass is 1240 g/mol. The molecule has 0 radical (unpaired) electrons. The second-order valence-corrected chi connectivity index (χ2v) is 24.0. The predicted molar refractivity (Wildman–Crippen MR) is 333 cm³/mol. The number of thioether (sulfide) groups is 4. The van der Waals surface area contributed by atoms with Crippen molar-refractivity contribution in [2.75, 3.05) is 23.0 Å². The average molecular weight is 1250 g/mol. The Kier molecular flexibility index (Phi) is 45.2. The molecule has 0 aliphatic rings. The van der Waals surface area contributed by atoms with Crippen LogP contribution in [0.4, 0.5) is 0 Å². The van der Waals surface area contributed by atoms with Gasteiger partial charge in [0.2, 0.25) is 23.6 Å². The van der Waals surface area contributed by atoms with Gasteiger partial charge in [-0.05, 0) is 68.6 Å². The van der Waals surface area contributed by atoms with Crippen molar-refractivity contribution in [3.63, 3.8) is 0 Å². The third-order valence-corrected chi connectivity index (χ3v) is 15.5. The van der Waals surface area contributed by atoms with E-state index in [1.165, 1.54) is 79.7 Å². The van der Waals surface area contributed by atoms with E-state index in [2.05, 4.69) is 52.1 Å². The van der Waals surface area contributed by atoms with Crippen molar-refractivity contribution in [3.05, 3.63) is 120 Å². The van der Waals surface area contributed by atoms with E-state index < -0.39 is 46.6 Å². The van der Waals surface area contributed by atoms with Crippen molar-refractivity contribution in [2.45, 2.75) is 110 Å². The summed E-state index contributed by atoms with van der Waals surface area (Å²) in [4.78, 5) is 76.1. The fourth-order valence-corrected chi connectivity index (χ4v) is 10.3. The van der Waals surface area contributed by atoms with Gasteiger partial charge in [0.15, 0.2) is 0 Å². The minimum Gasteiger partial charge on any atom is -0.480 e. The van der Waals surface area contributed by atoms with Gasteiger partial charge in [0, 0.05) is 75.8 Å². The van der Waals surface area contributed by atoms with E-state index in [1.807, 2.05) is 73.7 Å². The maximum absolute atomic E-state index is 11.0. The molecule has 26 heteroatoms. The largest absolute Gasteiger partial charge is 0.480 e. The van der Waals surface area contributed by atoms with Crippen LogP contribution in [0.25, 0.3) is 0 Å². The molecule has 7 N–H and O–H groups in total. The molecule has 4 amide bonds. The third-order valence-electron chi connectivity index (χ3n) is 9.10. The standard InChI is InChI=1S/C15H19NO3S2.C14H17NO3S2.C13H17NOS2.C10H15NO3S2.O3S/c1-11(17)16-13(15(18)19)10-21-14(20)9-5-8-12-6-3-2-4-7-12;1-10(16)15-12(14(17)18)9-20-13(19)8-7-11-5-3-2-4-6-11;1-10(14-11(2)15)9-17-13(16)8-12-6-4-3-5-7-12;1-3-4-5-9(15)16-6-8(10(13)14)11-7(2)12;1-4(2)3/h2-4,6-7,13H,5,8-10H2,1H3,(H,16,17)(H,18,19);2-6,12H,7-9H2,1H3,(H,15,16)(H,17,18);3-7,10H,8-9H2,1-2H3,(H,14,15);3,8H,1,4-6H2,2H3,(H,11,12)(H,13,14);. The molecule has 4 atom stereocenters. The molecule has 0 fully saturated rings. The van der Waals surface area contributed by atoms with Gasteiger partial charge >= 0.3 is 28.5 Å². The molecular weight excluding hydrogens is 1180 g/mol. The molecule has 0 saturated heterocycles. The lowest BCUT2D eigenvalue weighted by molar-refractivity contribution is -0.141. The molecule has 0 bridgehead atoms. The minimum atomic E-state index is -3.11. The summed E-state index contributed by atoms with van der Waals surface area (Å²) in [6.45, 7) is 11.0. The Morgan fingerprint density at radius 1 is 0.500 bits per heavy atom. The number of carbonyl (C=O) groups is 7. The van der Waals surface area contributed by atoms with E-state index in [0.29, 0.717) is 6.42 Å². The topological polar surface area (TPSA) is 280 Å². The van der Waals surface area contributed by atoms with E-state index in [4.69, 9.17) is 76.8 Å².